The second-order valence-electron chi connectivity index (χ2n) is 19.3. The van der Waals surface area contributed by atoms with Gasteiger partial charge in [0.05, 0.1) is 167 Å². The van der Waals surface area contributed by atoms with Crippen molar-refractivity contribution in [3.8, 4) is 5.75 Å². The zero-order chi connectivity index (χ0) is 56.2. The molecule has 1 aromatic carbocycles. The lowest BCUT2D eigenvalue weighted by atomic mass is 10.0. The minimum Gasteiger partial charge on any atom is -0.468 e. The maximum Gasteiger partial charge on any atom is 0.315 e. The lowest BCUT2D eigenvalue weighted by molar-refractivity contribution is -0.145. The molecule has 0 spiro atoms. The highest BCUT2D eigenvalue weighted by molar-refractivity contribution is 8.00. The third-order valence-electron chi connectivity index (χ3n) is 13.4. The summed E-state index contributed by atoms with van der Waals surface area (Å²) < 4.78 is 71.8. The zero-order valence-corrected chi connectivity index (χ0v) is 47.1. The third-order valence-corrected chi connectivity index (χ3v) is 14.9. The number of urea groups is 1. The van der Waals surface area contributed by atoms with Crippen LogP contribution in [0.15, 0.2) is 34.0 Å². The Balaban J connectivity index is 0.556. The number of unbranched alkanes of at least 4 members (excludes halogenated alkanes) is 1. The van der Waals surface area contributed by atoms with Crippen LogP contribution in [0, 0.1) is 6.92 Å². The number of nitrogens with one attached hydrogen (secondary N) is 3. The van der Waals surface area contributed by atoms with Gasteiger partial charge in [0.25, 0.3) is 11.1 Å². The Morgan fingerprint density at radius 1 is 0.688 bits per heavy atom. The van der Waals surface area contributed by atoms with E-state index < -0.39 is 5.97 Å². The maximum atomic E-state index is 12.9. The minimum absolute atomic E-state index is 0.0337. The van der Waals surface area contributed by atoms with Gasteiger partial charge in [-0.15, -0.1) is 5.10 Å². The van der Waals surface area contributed by atoms with Crippen LogP contribution in [0.5, 0.6) is 5.75 Å². The van der Waals surface area contributed by atoms with Crippen molar-refractivity contribution < 1.29 is 71.2 Å². The molecule has 0 bridgehead atoms. The van der Waals surface area contributed by atoms with Crippen LogP contribution < -0.4 is 31.8 Å². The standard InChI is InChI=1S/C54H80N8O17S/c1-39-32-48(65)62-38-79-53-51-43(34-42(39)52(53)62)40(33-47(64)60(51)2)36-78-49(66)9-5-6-41-35-61(59-58-41)11-13-69-15-17-71-19-21-73-23-25-75-27-29-77-31-30-76-28-26-74-24-22-72-20-18-70-16-14-68-12-10-55-46(63)8-4-3-7-45-50-44(37-80-45)56-54(67)57-50/h32-35,44-45,50H,3-31,36-38H2,1-2H3,(H,55,63)(H2,56,57,67). The lowest BCUT2D eigenvalue weighted by Gasteiger charge is -2.16. The topological polar surface area (TPSA) is 273 Å². The number of ether oxygens (including phenoxy) is 12. The van der Waals surface area contributed by atoms with E-state index in [1.54, 1.807) is 22.4 Å². The molecule has 3 N–H and O–H groups in total. The summed E-state index contributed by atoms with van der Waals surface area (Å²) in [5.41, 5.74) is 2.89. The molecule has 7 rings (SSSR count). The Labute approximate surface area is 469 Å². The van der Waals surface area contributed by atoms with Gasteiger partial charge in [-0.1, -0.05) is 11.6 Å². The molecule has 6 heterocycles. The van der Waals surface area contributed by atoms with Gasteiger partial charge in [-0.2, -0.15) is 11.8 Å². The first-order valence-electron chi connectivity index (χ1n) is 27.8. The number of hydrogen-bond donors (Lipinski definition) is 3. The first-order valence-corrected chi connectivity index (χ1v) is 28.8. The smallest absolute Gasteiger partial charge is 0.315 e. The maximum absolute atomic E-state index is 12.9. The fourth-order valence-corrected chi connectivity index (χ4v) is 10.8. The van der Waals surface area contributed by atoms with Gasteiger partial charge in [-0.05, 0) is 44.2 Å². The van der Waals surface area contributed by atoms with Crippen molar-refractivity contribution in [1.29, 1.82) is 0 Å². The number of fused-ring (bicyclic) bond motifs is 3. The van der Waals surface area contributed by atoms with E-state index in [-0.39, 0.29) is 54.9 Å². The molecule has 3 amide bonds. The predicted octanol–water partition coefficient (Wildman–Crippen LogP) is 2.18. The van der Waals surface area contributed by atoms with Gasteiger partial charge in [0, 0.05) is 72.1 Å². The minimum atomic E-state index is -0.391. The largest absolute Gasteiger partial charge is 0.468 e. The van der Waals surface area contributed by atoms with E-state index in [0.717, 1.165) is 47.0 Å². The Morgan fingerprint density at radius 2 is 1.27 bits per heavy atom. The SMILES string of the molecule is Cc1cc(=O)n2c3c(c4c(cc13)c(COC(=O)CCCc1cn(CCOCCOCCOCCOCCOCCOCCOCCOCCOCCOCCNC(=O)CCCCC3SCC5NC(=O)NC53)nn1)cc(=O)n4C)OC2. The summed E-state index contributed by atoms with van der Waals surface area (Å²) in [6.45, 7) is 11.9. The number of rotatable bonds is 44. The van der Waals surface area contributed by atoms with Crippen molar-refractivity contribution in [2.24, 2.45) is 7.05 Å². The number of benzene rings is 1. The molecule has 25 nitrogen and oxygen atoms in total. The molecule has 3 aliphatic rings. The summed E-state index contributed by atoms with van der Waals surface area (Å²) in [5.74, 6) is 1.07. The number of carbonyl (C=O) groups excluding carboxylic acids is 3. The van der Waals surface area contributed by atoms with E-state index in [0.29, 0.717) is 192 Å². The highest BCUT2D eigenvalue weighted by Gasteiger charge is 2.42. The van der Waals surface area contributed by atoms with Crippen LogP contribution >= 0.6 is 11.8 Å². The Hall–Kier alpha value is -5.26. The molecule has 0 radical (unpaired) electrons. The summed E-state index contributed by atoms with van der Waals surface area (Å²) in [6, 6.07) is 5.35. The molecule has 3 aromatic heterocycles. The number of aromatic nitrogens is 5. The second-order valence-corrected chi connectivity index (χ2v) is 20.5. The van der Waals surface area contributed by atoms with Gasteiger partial charge in [-0.3, -0.25) is 23.7 Å². The Bertz CT molecular complexity index is 2670. The number of aryl methyl sites for hydroxylation is 3. The number of carbonyl (C=O) groups is 3. The van der Waals surface area contributed by atoms with Gasteiger partial charge in [0.2, 0.25) is 5.91 Å². The highest BCUT2D eigenvalue weighted by Crippen LogP contribution is 2.39. The van der Waals surface area contributed by atoms with Gasteiger partial charge in [0.15, 0.2) is 12.5 Å². The Morgan fingerprint density at radius 3 is 1.89 bits per heavy atom. The molecule has 4 aromatic rings. The van der Waals surface area contributed by atoms with Crippen LogP contribution in [0.25, 0.3) is 21.8 Å². The van der Waals surface area contributed by atoms with Crippen LogP contribution in [0.3, 0.4) is 0 Å². The van der Waals surface area contributed by atoms with Gasteiger partial charge < -0.3 is 77.4 Å². The first kappa shape index (κ1) is 62.3. The summed E-state index contributed by atoms with van der Waals surface area (Å²) >= 11 is 1.90. The predicted molar refractivity (Wildman–Crippen MR) is 294 cm³/mol. The molecule has 26 heteroatoms. The third kappa shape index (κ3) is 20.3. The fraction of sp³-hybridized carbons (Fsp3) is 0.685. The van der Waals surface area contributed by atoms with Crippen molar-refractivity contribution in [2.75, 3.05) is 144 Å². The van der Waals surface area contributed by atoms with E-state index >= 15 is 0 Å². The second kappa shape index (κ2) is 34.9. The van der Waals surface area contributed by atoms with Crippen LogP contribution in [-0.2, 0) is 95.0 Å². The molecule has 2 saturated heterocycles. The van der Waals surface area contributed by atoms with E-state index in [4.69, 9.17) is 56.8 Å². The number of nitrogens with zero attached hydrogens (tertiary/aromatic N) is 5. The van der Waals surface area contributed by atoms with Crippen molar-refractivity contribution in [2.45, 2.75) is 89.1 Å². The molecule has 3 aliphatic heterocycles. The molecular formula is C54H80N8O17S. The molecule has 444 valence electrons. The quantitative estimate of drug-likeness (QED) is 0.0248. The Kier molecular flexibility index (Phi) is 27.2. The van der Waals surface area contributed by atoms with Gasteiger partial charge >= 0.3 is 12.0 Å². The molecule has 3 atom stereocenters. The number of amides is 3. The normalized spacial score (nSPS) is 16.4. The first-order chi connectivity index (χ1) is 39.2. The summed E-state index contributed by atoms with van der Waals surface area (Å²) in [6.07, 6.45) is 6.36. The van der Waals surface area contributed by atoms with Crippen LogP contribution in [0.1, 0.15) is 55.3 Å². The van der Waals surface area contributed by atoms with Crippen molar-refractivity contribution in [1.82, 2.24) is 40.1 Å². The average molecular weight is 1150 g/mol. The number of hydrogen-bond acceptors (Lipinski definition) is 20. The summed E-state index contributed by atoms with van der Waals surface area (Å²) in [4.78, 5) is 61.9. The van der Waals surface area contributed by atoms with Gasteiger partial charge in [-0.25, -0.2) is 9.48 Å². The van der Waals surface area contributed by atoms with Crippen LogP contribution in [-0.4, -0.2) is 204 Å². The van der Waals surface area contributed by atoms with E-state index in [1.807, 2.05) is 30.9 Å². The zero-order valence-electron chi connectivity index (χ0n) is 46.3. The van der Waals surface area contributed by atoms with Crippen LogP contribution in [0.2, 0.25) is 0 Å². The summed E-state index contributed by atoms with van der Waals surface area (Å²) in [5, 5.41) is 19.2. The molecular weight excluding hydrogens is 1060 g/mol. The molecule has 2 fully saturated rings. The van der Waals surface area contributed by atoms with Crippen molar-refractivity contribution in [3.05, 3.63) is 61.9 Å². The van der Waals surface area contributed by atoms with E-state index in [9.17, 15) is 24.0 Å². The number of thioether (sulfide) groups is 1. The van der Waals surface area contributed by atoms with Crippen molar-refractivity contribution >= 4 is 51.5 Å². The molecule has 80 heavy (non-hydrogen) atoms. The fourth-order valence-electron chi connectivity index (χ4n) is 9.25. The van der Waals surface area contributed by atoms with E-state index in [1.165, 1.54) is 10.6 Å². The molecule has 3 unspecified atom stereocenters. The number of pyridine rings is 2. The monoisotopic (exact) mass is 1140 g/mol. The number of esters is 1. The van der Waals surface area contributed by atoms with Gasteiger partial charge in [0.1, 0.15) is 6.61 Å². The van der Waals surface area contributed by atoms with Crippen molar-refractivity contribution in [3.63, 3.8) is 0 Å². The lowest BCUT2D eigenvalue weighted by Crippen LogP contribution is -2.36. The summed E-state index contributed by atoms with van der Waals surface area (Å²) in [7, 11) is 1.66. The van der Waals surface area contributed by atoms with Crippen LogP contribution in [0.4, 0.5) is 4.79 Å². The average Bonchev–Trinajstić information content (AvgIpc) is 4.36. The molecule has 0 aliphatic carbocycles. The van der Waals surface area contributed by atoms with E-state index in [2.05, 4.69) is 26.3 Å². The highest BCUT2D eigenvalue weighted by atomic mass is 32.2. The molecule has 0 saturated carbocycles.